The van der Waals surface area contributed by atoms with Gasteiger partial charge in [-0.1, -0.05) is 19.3 Å². The van der Waals surface area contributed by atoms with Crippen molar-refractivity contribution in [2.75, 3.05) is 7.11 Å². The number of methoxy groups -OCH3 is 1. The Hall–Kier alpha value is -2.70. The van der Waals surface area contributed by atoms with Crippen molar-refractivity contribution < 1.29 is 23.8 Å². The van der Waals surface area contributed by atoms with Crippen LogP contribution < -0.4 is 9.47 Å². The van der Waals surface area contributed by atoms with E-state index < -0.39 is 5.78 Å². The van der Waals surface area contributed by atoms with Gasteiger partial charge in [0.1, 0.15) is 17.9 Å². The molecule has 1 saturated carbocycles. The van der Waals surface area contributed by atoms with Gasteiger partial charge in [0.2, 0.25) is 11.3 Å². The maximum atomic E-state index is 12.7. The SMILES string of the molecule is COc1ccc2nc(COC(=O)C3CCCCC3)c(C(C)=O)[n+]([O-])c2c1. The number of nitrogens with zero attached hydrogens (tertiary/aromatic N) is 2. The van der Waals surface area contributed by atoms with Crippen LogP contribution in [0.2, 0.25) is 0 Å². The third kappa shape index (κ3) is 3.61. The number of carbonyl (C=O) groups excluding carboxylic acids is 2. The molecule has 1 aromatic heterocycles. The first-order chi connectivity index (χ1) is 12.5. The van der Waals surface area contributed by atoms with Crippen LogP contribution >= 0.6 is 0 Å². The van der Waals surface area contributed by atoms with Crippen LogP contribution in [0.15, 0.2) is 18.2 Å². The minimum absolute atomic E-state index is 0.103. The predicted octanol–water partition coefficient (Wildman–Crippen LogP) is 2.70. The molecule has 0 atom stereocenters. The molecule has 26 heavy (non-hydrogen) atoms. The number of fused-ring (bicyclic) bond motifs is 1. The number of Topliss-reactive ketones (excluding diaryl/α,β-unsaturated/α-hetero) is 1. The molecular formula is C19H22N2O5. The summed E-state index contributed by atoms with van der Waals surface area (Å²) < 4.78 is 11.0. The van der Waals surface area contributed by atoms with Gasteiger partial charge in [0, 0.05) is 6.92 Å². The summed E-state index contributed by atoms with van der Waals surface area (Å²) in [6.45, 7) is 1.11. The number of hydrogen-bond acceptors (Lipinski definition) is 6. The summed E-state index contributed by atoms with van der Waals surface area (Å²) in [5, 5.41) is 12.7. The number of ketones is 1. The van der Waals surface area contributed by atoms with Gasteiger partial charge in [-0.3, -0.25) is 9.59 Å². The highest BCUT2D eigenvalue weighted by atomic mass is 16.5. The van der Waals surface area contributed by atoms with E-state index in [0.29, 0.717) is 16.0 Å². The van der Waals surface area contributed by atoms with Gasteiger partial charge in [-0.05, 0) is 25.0 Å². The molecule has 0 amide bonds. The number of rotatable bonds is 5. The molecule has 0 aliphatic heterocycles. The predicted molar refractivity (Wildman–Crippen MR) is 93.6 cm³/mol. The minimum Gasteiger partial charge on any atom is -0.618 e. The summed E-state index contributed by atoms with van der Waals surface area (Å²) in [7, 11) is 1.49. The smallest absolute Gasteiger partial charge is 0.309 e. The number of carbonyl (C=O) groups is 2. The summed E-state index contributed by atoms with van der Waals surface area (Å²) in [4.78, 5) is 28.6. The maximum Gasteiger partial charge on any atom is 0.309 e. The van der Waals surface area contributed by atoms with Crippen molar-refractivity contribution in [3.63, 3.8) is 0 Å². The van der Waals surface area contributed by atoms with Gasteiger partial charge in [0.05, 0.1) is 19.1 Å². The molecule has 7 nitrogen and oxygen atoms in total. The van der Waals surface area contributed by atoms with Gasteiger partial charge in [0.25, 0.3) is 5.69 Å². The standard InChI is InChI=1S/C19H22N2O5/c1-12(22)18-16(11-26-19(23)13-6-4-3-5-7-13)20-15-9-8-14(25-2)10-17(15)21(18)24/h8-10,13H,3-7,11H2,1-2H3. The van der Waals surface area contributed by atoms with E-state index in [1.54, 1.807) is 12.1 Å². The fourth-order valence-electron chi connectivity index (χ4n) is 3.37. The Morgan fingerprint density at radius 2 is 2.00 bits per heavy atom. The van der Waals surface area contributed by atoms with Gasteiger partial charge in [-0.25, -0.2) is 4.98 Å². The maximum absolute atomic E-state index is 12.7. The summed E-state index contributed by atoms with van der Waals surface area (Å²) in [6.07, 6.45) is 4.84. The fourth-order valence-corrected chi connectivity index (χ4v) is 3.37. The Bertz CT molecular complexity index is 843. The van der Waals surface area contributed by atoms with E-state index >= 15 is 0 Å². The normalized spacial score (nSPS) is 15.0. The second kappa shape index (κ2) is 7.68. The molecule has 1 aliphatic carbocycles. The molecule has 0 unspecified atom stereocenters. The van der Waals surface area contributed by atoms with Crippen LogP contribution in [0.3, 0.4) is 0 Å². The second-order valence-corrected chi connectivity index (χ2v) is 6.55. The molecule has 1 aromatic carbocycles. The summed E-state index contributed by atoms with van der Waals surface area (Å²) in [6, 6.07) is 4.85. The number of aromatic nitrogens is 2. The summed E-state index contributed by atoms with van der Waals surface area (Å²) in [5.74, 6) is -0.322. The lowest BCUT2D eigenvalue weighted by molar-refractivity contribution is -0.580. The molecular weight excluding hydrogens is 336 g/mol. The highest BCUT2D eigenvalue weighted by Gasteiger charge is 2.27. The Labute approximate surface area is 151 Å². The summed E-state index contributed by atoms with van der Waals surface area (Å²) >= 11 is 0. The Morgan fingerprint density at radius 1 is 1.27 bits per heavy atom. The number of esters is 1. The Balaban J connectivity index is 1.90. The third-order valence-electron chi connectivity index (χ3n) is 4.76. The molecule has 0 saturated heterocycles. The van der Waals surface area contributed by atoms with Crippen LogP contribution in [-0.2, 0) is 16.1 Å². The lowest BCUT2D eigenvalue weighted by atomic mass is 9.89. The number of hydrogen-bond donors (Lipinski definition) is 0. The van der Waals surface area contributed by atoms with Crippen LogP contribution in [-0.4, -0.2) is 23.8 Å². The first-order valence-electron chi connectivity index (χ1n) is 8.79. The molecule has 0 radical (unpaired) electrons. The second-order valence-electron chi connectivity index (χ2n) is 6.55. The first-order valence-corrected chi connectivity index (χ1v) is 8.79. The molecule has 3 rings (SSSR count). The van der Waals surface area contributed by atoms with Crippen LogP contribution in [0.1, 0.15) is 55.2 Å². The Kier molecular flexibility index (Phi) is 5.35. The zero-order valence-corrected chi connectivity index (χ0v) is 15.0. The van der Waals surface area contributed by atoms with E-state index in [-0.39, 0.29) is 35.4 Å². The number of benzene rings is 1. The van der Waals surface area contributed by atoms with Crippen LogP contribution in [0, 0.1) is 11.1 Å². The molecule has 0 N–H and O–H groups in total. The van der Waals surface area contributed by atoms with Crippen LogP contribution in [0.4, 0.5) is 0 Å². The quantitative estimate of drug-likeness (QED) is 0.353. The van der Waals surface area contributed by atoms with Crippen molar-refractivity contribution in [3.05, 3.63) is 34.8 Å². The van der Waals surface area contributed by atoms with E-state index in [4.69, 9.17) is 9.47 Å². The van der Waals surface area contributed by atoms with Crippen LogP contribution in [0.25, 0.3) is 11.0 Å². The van der Waals surface area contributed by atoms with Crippen LogP contribution in [0.5, 0.6) is 5.75 Å². The van der Waals surface area contributed by atoms with Crippen molar-refractivity contribution in [1.29, 1.82) is 0 Å². The van der Waals surface area contributed by atoms with Gasteiger partial charge in [-0.15, -0.1) is 0 Å². The minimum atomic E-state index is -0.430. The van der Waals surface area contributed by atoms with Crippen molar-refractivity contribution in [2.45, 2.75) is 45.6 Å². The van der Waals surface area contributed by atoms with Crippen molar-refractivity contribution >= 4 is 22.8 Å². The van der Waals surface area contributed by atoms with E-state index in [2.05, 4.69) is 4.98 Å². The largest absolute Gasteiger partial charge is 0.618 e. The van der Waals surface area contributed by atoms with E-state index in [0.717, 1.165) is 32.1 Å². The first kappa shape index (κ1) is 18.1. The molecule has 7 heteroatoms. The summed E-state index contributed by atoms with van der Waals surface area (Å²) in [5.41, 5.74) is 0.711. The molecule has 1 aliphatic rings. The average Bonchev–Trinajstić information content (AvgIpc) is 2.66. The third-order valence-corrected chi connectivity index (χ3v) is 4.76. The zero-order chi connectivity index (χ0) is 18.7. The van der Waals surface area contributed by atoms with Gasteiger partial charge in [0.15, 0.2) is 5.69 Å². The van der Waals surface area contributed by atoms with Crippen molar-refractivity contribution in [3.8, 4) is 5.75 Å². The van der Waals surface area contributed by atoms with Gasteiger partial charge in [-0.2, -0.15) is 4.73 Å². The highest BCUT2D eigenvalue weighted by Crippen LogP contribution is 2.25. The van der Waals surface area contributed by atoms with Crippen molar-refractivity contribution in [1.82, 2.24) is 4.98 Å². The van der Waals surface area contributed by atoms with Crippen molar-refractivity contribution in [2.24, 2.45) is 5.92 Å². The van der Waals surface area contributed by atoms with Gasteiger partial charge >= 0.3 is 5.97 Å². The lowest BCUT2D eigenvalue weighted by Crippen LogP contribution is -2.37. The molecule has 138 valence electrons. The monoisotopic (exact) mass is 358 g/mol. The molecule has 2 aromatic rings. The van der Waals surface area contributed by atoms with E-state index in [1.807, 2.05) is 0 Å². The highest BCUT2D eigenvalue weighted by molar-refractivity contribution is 5.93. The van der Waals surface area contributed by atoms with E-state index in [1.165, 1.54) is 20.1 Å². The molecule has 0 bridgehead atoms. The van der Waals surface area contributed by atoms with E-state index in [9.17, 15) is 14.8 Å². The number of ether oxygens (including phenoxy) is 2. The fraction of sp³-hybridized carbons (Fsp3) is 0.474. The van der Waals surface area contributed by atoms with Gasteiger partial charge < -0.3 is 14.7 Å². The molecule has 0 spiro atoms. The Morgan fingerprint density at radius 3 is 2.65 bits per heavy atom. The molecule has 1 fully saturated rings. The average molecular weight is 358 g/mol. The zero-order valence-electron chi connectivity index (χ0n) is 15.0. The molecule has 1 heterocycles. The topological polar surface area (TPSA) is 92.4 Å². The lowest BCUT2D eigenvalue weighted by Gasteiger charge is -2.20.